The zero-order valence-corrected chi connectivity index (χ0v) is 9.11. The third-order valence-corrected chi connectivity index (χ3v) is 2.16. The maximum absolute atomic E-state index is 8.82. The summed E-state index contributed by atoms with van der Waals surface area (Å²) in [6.45, 7) is 3.74. The molecule has 4 nitrogen and oxygen atoms in total. The van der Waals surface area contributed by atoms with Crippen LogP contribution in [0.3, 0.4) is 0 Å². The summed E-state index contributed by atoms with van der Waals surface area (Å²) in [5.74, 6) is 0. The third kappa shape index (κ3) is 8.44. The van der Waals surface area contributed by atoms with Gasteiger partial charge in [0.05, 0.1) is 13.2 Å². The highest BCUT2D eigenvalue weighted by molar-refractivity contribution is 4.57. The number of ether oxygens (including phenoxy) is 1. The second-order valence-electron chi connectivity index (χ2n) is 3.34. The van der Waals surface area contributed by atoms with Gasteiger partial charge in [0.15, 0.2) is 0 Å². The van der Waals surface area contributed by atoms with Gasteiger partial charge in [0, 0.05) is 26.8 Å². The lowest BCUT2D eigenvalue weighted by atomic mass is 10.2. The largest absolute Gasteiger partial charge is 0.396 e. The summed E-state index contributed by atoms with van der Waals surface area (Å²) in [6, 6.07) is 0. The summed E-state index contributed by atoms with van der Waals surface area (Å²) in [7, 11) is 1.68. The fourth-order valence-electron chi connectivity index (χ4n) is 1.32. The molecular weight excluding hydrogens is 182 g/mol. The number of aliphatic hydroxyl groups excluding tert-OH is 2. The molecule has 0 saturated carbocycles. The van der Waals surface area contributed by atoms with Gasteiger partial charge in [-0.05, 0) is 25.8 Å². The van der Waals surface area contributed by atoms with Crippen molar-refractivity contribution in [3.8, 4) is 0 Å². The Hall–Kier alpha value is -0.160. The standard InChI is InChI=1S/C10H23NO3/c1-14-10-7-11(6-9-13)5-3-2-4-8-12/h12-13H,2-10H2,1H3. The van der Waals surface area contributed by atoms with E-state index in [1.807, 2.05) is 0 Å². The van der Waals surface area contributed by atoms with Crippen molar-refractivity contribution in [2.75, 3.05) is 46.6 Å². The molecule has 0 aliphatic heterocycles. The summed E-state index contributed by atoms with van der Waals surface area (Å²) in [5.41, 5.74) is 0. The number of hydrogen-bond acceptors (Lipinski definition) is 4. The minimum atomic E-state index is 0.198. The molecule has 0 bridgehead atoms. The molecule has 0 fully saturated rings. The zero-order chi connectivity index (χ0) is 10.6. The van der Waals surface area contributed by atoms with Gasteiger partial charge < -0.3 is 14.9 Å². The molecule has 0 aromatic rings. The summed E-state index contributed by atoms with van der Waals surface area (Å²) < 4.78 is 4.98. The van der Waals surface area contributed by atoms with Crippen LogP contribution in [0.15, 0.2) is 0 Å². The Morgan fingerprint density at radius 2 is 1.71 bits per heavy atom. The van der Waals surface area contributed by atoms with Crippen LogP contribution in [0, 0.1) is 0 Å². The molecule has 0 radical (unpaired) electrons. The minimum Gasteiger partial charge on any atom is -0.396 e. The highest BCUT2D eigenvalue weighted by Crippen LogP contribution is 1.98. The van der Waals surface area contributed by atoms with E-state index in [1.165, 1.54) is 0 Å². The number of aliphatic hydroxyl groups is 2. The smallest absolute Gasteiger partial charge is 0.0589 e. The van der Waals surface area contributed by atoms with E-state index in [1.54, 1.807) is 7.11 Å². The second-order valence-corrected chi connectivity index (χ2v) is 3.34. The summed E-state index contributed by atoms with van der Waals surface area (Å²) in [4.78, 5) is 2.18. The van der Waals surface area contributed by atoms with Crippen LogP contribution >= 0.6 is 0 Å². The van der Waals surface area contributed by atoms with Gasteiger partial charge in [-0.25, -0.2) is 0 Å². The van der Waals surface area contributed by atoms with Gasteiger partial charge in [-0.1, -0.05) is 0 Å². The Morgan fingerprint density at radius 1 is 0.929 bits per heavy atom. The van der Waals surface area contributed by atoms with Gasteiger partial charge in [0.25, 0.3) is 0 Å². The predicted octanol–water partition coefficient (Wildman–Crippen LogP) is 0.0897. The lowest BCUT2D eigenvalue weighted by molar-refractivity contribution is 0.129. The normalized spacial score (nSPS) is 11.1. The minimum absolute atomic E-state index is 0.198. The van der Waals surface area contributed by atoms with E-state index in [-0.39, 0.29) is 13.2 Å². The van der Waals surface area contributed by atoms with Gasteiger partial charge in [-0.2, -0.15) is 0 Å². The number of hydrogen-bond donors (Lipinski definition) is 2. The molecule has 0 aliphatic rings. The molecule has 0 heterocycles. The van der Waals surface area contributed by atoms with E-state index in [2.05, 4.69) is 4.90 Å². The van der Waals surface area contributed by atoms with Crippen LogP contribution in [0.5, 0.6) is 0 Å². The number of methoxy groups -OCH3 is 1. The Morgan fingerprint density at radius 3 is 2.29 bits per heavy atom. The topological polar surface area (TPSA) is 52.9 Å². The van der Waals surface area contributed by atoms with Crippen molar-refractivity contribution in [2.24, 2.45) is 0 Å². The van der Waals surface area contributed by atoms with E-state index < -0.39 is 0 Å². The van der Waals surface area contributed by atoms with Crippen molar-refractivity contribution in [1.29, 1.82) is 0 Å². The lowest BCUT2D eigenvalue weighted by Gasteiger charge is -2.20. The Kier molecular flexibility index (Phi) is 10.8. The van der Waals surface area contributed by atoms with Crippen molar-refractivity contribution >= 4 is 0 Å². The maximum Gasteiger partial charge on any atom is 0.0589 e. The molecule has 0 unspecified atom stereocenters. The van der Waals surface area contributed by atoms with E-state index in [0.717, 1.165) is 32.4 Å². The molecule has 2 N–H and O–H groups in total. The Labute approximate surface area is 86.5 Å². The monoisotopic (exact) mass is 205 g/mol. The third-order valence-electron chi connectivity index (χ3n) is 2.16. The molecule has 0 saturated heterocycles. The molecule has 0 aromatic carbocycles. The van der Waals surface area contributed by atoms with Gasteiger partial charge >= 0.3 is 0 Å². The first-order valence-corrected chi connectivity index (χ1v) is 5.28. The first-order valence-electron chi connectivity index (χ1n) is 5.28. The van der Waals surface area contributed by atoms with Crippen LogP contribution in [0.2, 0.25) is 0 Å². The molecule has 0 amide bonds. The molecule has 86 valence electrons. The van der Waals surface area contributed by atoms with E-state index in [0.29, 0.717) is 13.2 Å². The van der Waals surface area contributed by atoms with Crippen LogP contribution in [-0.2, 0) is 4.74 Å². The van der Waals surface area contributed by atoms with Gasteiger partial charge in [-0.3, -0.25) is 4.90 Å². The Balaban J connectivity index is 3.40. The van der Waals surface area contributed by atoms with Crippen molar-refractivity contribution in [1.82, 2.24) is 4.90 Å². The second kappa shape index (κ2) is 10.9. The number of rotatable bonds is 10. The first kappa shape index (κ1) is 13.8. The molecule has 14 heavy (non-hydrogen) atoms. The van der Waals surface area contributed by atoms with Gasteiger partial charge in [-0.15, -0.1) is 0 Å². The van der Waals surface area contributed by atoms with Gasteiger partial charge in [0.1, 0.15) is 0 Å². The van der Waals surface area contributed by atoms with E-state index in [4.69, 9.17) is 14.9 Å². The number of nitrogens with zero attached hydrogens (tertiary/aromatic N) is 1. The fraction of sp³-hybridized carbons (Fsp3) is 1.00. The summed E-state index contributed by atoms with van der Waals surface area (Å²) in [5, 5.41) is 17.4. The first-order chi connectivity index (χ1) is 6.85. The van der Waals surface area contributed by atoms with Crippen molar-refractivity contribution in [3.05, 3.63) is 0 Å². The molecular formula is C10H23NO3. The summed E-state index contributed by atoms with van der Waals surface area (Å²) >= 11 is 0. The van der Waals surface area contributed by atoms with Crippen LogP contribution in [-0.4, -0.2) is 61.7 Å². The molecule has 0 aliphatic carbocycles. The average molecular weight is 205 g/mol. The van der Waals surface area contributed by atoms with E-state index in [9.17, 15) is 0 Å². The van der Waals surface area contributed by atoms with Crippen molar-refractivity contribution in [3.63, 3.8) is 0 Å². The lowest BCUT2D eigenvalue weighted by Crippen LogP contribution is -2.31. The zero-order valence-electron chi connectivity index (χ0n) is 9.11. The van der Waals surface area contributed by atoms with E-state index >= 15 is 0 Å². The molecule has 0 atom stereocenters. The van der Waals surface area contributed by atoms with Crippen LogP contribution in [0.4, 0.5) is 0 Å². The highest BCUT2D eigenvalue weighted by atomic mass is 16.5. The quantitative estimate of drug-likeness (QED) is 0.496. The molecule has 0 aromatic heterocycles. The Bertz CT molecular complexity index is 112. The fourth-order valence-corrected chi connectivity index (χ4v) is 1.32. The van der Waals surface area contributed by atoms with Crippen molar-refractivity contribution in [2.45, 2.75) is 19.3 Å². The average Bonchev–Trinajstić information content (AvgIpc) is 2.20. The van der Waals surface area contributed by atoms with Crippen molar-refractivity contribution < 1.29 is 14.9 Å². The molecule has 0 rings (SSSR count). The number of unbranched alkanes of at least 4 members (excludes halogenated alkanes) is 2. The highest BCUT2D eigenvalue weighted by Gasteiger charge is 2.02. The van der Waals surface area contributed by atoms with Crippen LogP contribution in [0.25, 0.3) is 0 Å². The maximum atomic E-state index is 8.82. The SMILES string of the molecule is COCCN(CCO)CCCCCO. The van der Waals surface area contributed by atoms with Crippen LogP contribution in [0.1, 0.15) is 19.3 Å². The predicted molar refractivity (Wildman–Crippen MR) is 56.3 cm³/mol. The molecule has 4 heteroatoms. The van der Waals surface area contributed by atoms with Crippen LogP contribution < -0.4 is 0 Å². The van der Waals surface area contributed by atoms with Gasteiger partial charge in [0.2, 0.25) is 0 Å². The molecule has 0 spiro atoms. The summed E-state index contributed by atoms with van der Waals surface area (Å²) in [6.07, 6.45) is 2.99.